The van der Waals surface area contributed by atoms with Gasteiger partial charge in [0.25, 0.3) is 5.88 Å². The highest BCUT2D eigenvalue weighted by atomic mass is 19.1. The van der Waals surface area contributed by atoms with Crippen molar-refractivity contribution in [2.75, 3.05) is 12.4 Å². The lowest BCUT2D eigenvalue weighted by Crippen LogP contribution is -2.02. The Morgan fingerprint density at radius 1 is 1.24 bits per heavy atom. The molecule has 1 N–H and O–H groups in total. The Morgan fingerprint density at radius 3 is 2.62 bits per heavy atom. The largest absolute Gasteiger partial charge is 0.436 e. The van der Waals surface area contributed by atoms with Crippen LogP contribution < -0.4 is 10.1 Å². The Hall–Kier alpha value is -2.17. The van der Waals surface area contributed by atoms with Crippen LogP contribution in [0.15, 0.2) is 30.3 Å². The third-order valence-corrected chi connectivity index (χ3v) is 3.40. The summed E-state index contributed by atoms with van der Waals surface area (Å²) < 4.78 is 32.8. The molecule has 21 heavy (non-hydrogen) atoms. The molecular formula is C16H18F2N2O. The van der Waals surface area contributed by atoms with E-state index in [-0.39, 0.29) is 17.6 Å². The molecule has 1 unspecified atom stereocenters. The van der Waals surface area contributed by atoms with Crippen LogP contribution in [0, 0.1) is 11.6 Å². The molecule has 0 bridgehead atoms. The third-order valence-electron chi connectivity index (χ3n) is 3.40. The number of nitrogens with zero attached hydrogens (tertiary/aromatic N) is 1. The van der Waals surface area contributed by atoms with Gasteiger partial charge in [0.2, 0.25) is 0 Å². The highest BCUT2D eigenvalue weighted by molar-refractivity contribution is 5.42. The Bertz CT molecular complexity index is 632. The third kappa shape index (κ3) is 3.29. The van der Waals surface area contributed by atoms with Gasteiger partial charge in [-0.3, -0.25) is 0 Å². The van der Waals surface area contributed by atoms with Gasteiger partial charge in [-0.2, -0.15) is 4.98 Å². The van der Waals surface area contributed by atoms with Gasteiger partial charge in [0, 0.05) is 13.1 Å². The molecule has 0 aliphatic heterocycles. The monoisotopic (exact) mass is 292 g/mol. The van der Waals surface area contributed by atoms with Gasteiger partial charge in [0.15, 0.2) is 17.5 Å². The lowest BCUT2D eigenvalue weighted by atomic mass is 9.98. The first-order valence-electron chi connectivity index (χ1n) is 6.87. The van der Waals surface area contributed by atoms with Gasteiger partial charge in [-0.1, -0.05) is 32.0 Å². The molecule has 0 saturated heterocycles. The van der Waals surface area contributed by atoms with E-state index in [0.717, 1.165) is 18.1 Å². The number of rotatable bonds is 5. The van der Waals surface area contributed by atoms with E-state index in [0.29, 0.717) is 5.75 Å². The maximum absolute atomic E-state index is 13.8. The Morgan fingerprint density at radius 2 is 1.95 bits per heavy atom. The molecule has 1 atom stereocenters. The molecule has 2 rings (SSSR count). The zero-order chi connectivity index (χ0) is 15.4. The fraction of sp³-hybridized carbons (Fsp3) is 0.312. The average Bonchev–Trinajstić information content (AvgIpc) is 2.49. The summed E-state index contributed by atoms with van der Waals surface area (Å²) in [6.45, 7) is 4.13. The van der Waals surface area contributed by atoms with Crippen LogP contribution in [0.3, 0.4) is 0 Å². The van der Waals surface area contributed by atoms with Crippen molar-refractivity contribution in [3.8, 4) is 11.6 Å². The molecular weight excluding hydrogens is 274 g/mol. The van der Waals surface area contributed by atoms with Crippen molar-refractivity contribution in [1.82, 2.24) is 4.98 Å². The van der Waals surface area contributed by atoms with Crippen LogP contribution in [0.5, 0.6) is 11.6 Å². The number of para-hydroxylation sites is 1. The first kappa shape index (κ1) is 15.2. The molecule has 1 heterocycles. The van der Waals surface area contributed by atoms with Crippen LogP contribution in [0.1, 0.15) is 31.7 Å². The normalized spacial score (nSPS) is 12.0. The van der Waals surface area contributed by atoms with Gasteiger partial charge in [-0.05, 0) is 24.0 Å². The van der Waals surface area contributed by atoms with Crippen LogP contribution in [0.25, 0.3) is 0 Å². The zero-order valence-corrected chi connectivity index (χ0v) is 12.3. The maximum Gasteiger partial charge on any atom is 0.258 e. The second-order valence-electron chi connectivity index (χ2n) is 4.80. The molecule has 0 fully saturated rings. The first-order valence-corrected chi connectivity index (χ1v) is 6.87. The lowest BCUT2D eigenvalue weighted by molar-refractivity contribution is 0.411. The maximum atomic E-state index is 13.8. The molecule has 2 aromatic rings. The summed E-state index contributed by atoms with van der Waals surface area (Å²) in [7, 11) is 1.51. The van der Waals surface area contributed by atoms with Crippen molar-refractivity contribution >= 4 is 5.82 Å². The van der Waals surface area contributed by atoms with Crippen LogP contribution in [0.2, 0.25) is 0 Å². The Balaban J connectivity index is 2.39. The van der Waals surface area contributed by atoms with Crippen molar-refractivity contribution in [2.45, 2.75) is 26.2 Å². The first-order chi connectivity index (χ1) is 10.1. The van der Waals surface area contributed by atoms with Gasteiger partial charge in [0.05, 0.1) is 0 Å². The second-order valence-corrected chi connectivity index (χ2v) is 4.80. The molecule has 5 heteroatoms. The highest BCUT2D eigenvalue weighted by Gasteiger charge is 2.16. The number of ether oxygens (including phenoxy) is 1. The molecule has 0 amide bonds. The number of benzene rings is 1. The molecule has 0 radical (unpaired) electrons. The molecule has 0 saturated carbocycles. The van der Waals surface area contributed by atoms with Crippen molar-refractivity contribution < 1.29 is 13.5 Å². The van der Waals surface area contributed by atoms with Crippen LogP contribution in [-0.4, -0.2) is 12.0 Å². The summed E-state index contributed by atoms with van der Waals surface area (Å²) in [6, 6.07) is 8.17. The van der Waals surface area contributed by atoms with Crippen molar-refractivity contribution in [3.05, 3.63) is 47.5 Å². The number of hydrogen-bond acceptors (Lipinski definition) is 3. The van der Waals surface area contributed by atoms with Crippen LogP contribution >= 0.6 is 0 Å². The molecule has 112 valence electrons. The van der Waals surface area contributed by atoms with Crippen molar-refractivity contribution in [1.29, 1.82) is 0 Å². The summed E-state index contributed by atoms with van der Waals surface area (Å²) >= 11 is 0. The number of halogens is 2. The standard InChI is InChI=1S/C16H18F2N2O/c1-4-10(2)11-7-5-6-8-14(11)21-16-13(18)9-12(17)15(19-3)20-16/h5-10H,4H2,1-3H3,(H,19,20). The lowest BCUT2D eigenvalue weighted by Gasteiger charge is -2.15. The number of pyridine rings is 1. The average molecular weight is 292 g/mol. The van der Waals surface area contributed by atoms with Gasteiger partial charge >= 0.3 is 0 Å². The summed E-state index contributed by atoms with van der Waals surface area (Å²) in [5.41, 5.74) is 0.969. The molecule has 3 nitrogen and oxygen atoms in total. The summed E-state index contributed by atoms with van der Waals surface area (Å²) in [5, 5.41) is 2.56. The summed E-state index contributed by atoms with van der Waals surface area (Å²) in [6.07, 6.45) is 0.932. The fourth-order valence-electron chi connectivity index (χ4n) is 2.00. The fourth-order valence-corrected chi connectivity index (χ4v) is 2.00. The quantitative estimate of drug-likeness (QED) is 0.866. The number of nitrogens with one attached hydrogen (secondary N) is 1. The van der Waals surface area contributed by atoms with E-state index >= 15 is 0 Å². The Kier molecular flexibility index (Phi) is 4.73. The van der Waals surface area contributed by atoms with E-state index < -0.39 is 11.6 Å². The van der Waals surface area contributed by atoms with Crippen LogP contribution in [0.4, 0.5) is 14.6 Å². The number of anilines is 1. The minimum atomic E-state index is -0.828. The van der Waals surface area contributed by atoms with E-state index in [4.69, 9.17) is 4.74 Å². The minimum absolute atomic E-state index is 0.0487. The molecule has 0 aliphatic carbocycles. The number of aromatic nitrogens is 1. The molecule has 0 spiro atoms. The zero-order valence-electron chi connectivity index (χ0n) is 12.3. The van der Waals surface area contributed by atoms with E-state index in [2.05, 4.69) is 24.1 Å². The van der Waals surface area contributed by atoms with Gasteiger partial charge in [0.1, 0.15) is 5.75 Å². The Labute approximate surface area is 123 Å². The summed E-state index contributed by atoms with van der Waals surface area (Å²) in [5.74, 6) is -1.06. The van der Waals surface area contributed by atoms with Gasteiger partial charge in [-0.15, -0.1) is 0 Å². The highest BCUT2D eigenvalue weighted by Crippen LogP contribution is 2.33. The van der Waals surface area contributed by atoms with Crippen molar-refractivity contribution in [3.63, 3.8) is 0 Å². The topological polar surface area (TPSA) is 34.1 Å². The van der Waals surface area contributed by atoms with Gasteiger partial charge in [-0.25, -0.2) is 8.78 Å². The second kappa shape index (κ2) is 6.52. The molecule has 1 aromatic heterocycles. The van der Waals surface area contributed by atoms with Gasteiger partial charge < -0.3 is 10.1 Å². The van der Waals surface area contributed by atoms with E-state index in [1.807, 2.05) is 18.2 Å². The summed E-state index contributed by atoms with van der Waals surface area (Å²) in [4.78, 5) is 3.83. The number of hydrogen-bond donors (Lipinski definition) is 1. The van der Waals surface area contributed by atoms with E-state index in [9.17, 15) is 8.78 Å². The predicted molar refractivity (Wildman–Crippen MR) is 78.9 cm³/mol. The minimum Gasteiger partial charge on any atom is -0.436 e. The van der Waals surface area contributed by atoms with E-state index in [1.165, 1.54) is 7.05 Å². The molecule has 1 aromatic carbocycles. The van der Waals surface area contributed by atoms with Crippen molar-refractivity contribution in [2.24, 2.45) is 0 Å². The van der Waals surface area contributed by atoms with Crippen LogP contribution in [-0.2, 0) is 0 Å². The molecule has 0 aliphatic rings. The predicted octanol–water partition coefficient (Wildman–Crippen LogP) is 4.71. The van der Waals surface area contributed by atoms with E-state index in [1.54, 1.807) is 6.07 Å². The SMILES string of the molecule is CCC(C)c1ccccc1Oc1nc(NC)c(F)cc1F. The smallest absolute Gasteiger partial charge is 0.258 e.